The number of hydrogen-bond acceptors (Lipinski definition) is 4. The monoisotopic (exact) mass is 182 g/mol. The molecule has 0 radical (unpaired) electrons. The molecule has 7 nitrogen and oxygen atoms in total. The summed E-state index contributed by atoms with van der Waals surface area (Å²) in [5.74, 6) is 0.0431. The number of nitrogens with zero attached hydrogens (tertiary/aromatic N) is 2. The Morgan fingerprint density at radius 2 is 2.00 bits per heavy atom. The van der Waals surface area contributed by atoms with E-state index in [4.69, 9.17) is 26.8 Å². The first-order valence-electron chi connectivity index (χ1n) is 3.44. The normalized spacial score (nSPS) is 9.62. The summed E-state index contributed by atoms with van der Waals surface area (Å²) in [7, 11) is 0. The summed E-state index contributed by atoms with van der Waals surface area (Å²) in [6.45, 7) is 1.69. The Morgan fingerprint density at radius 3 is 2.31 bits per heavy atom. The van der Waals surface area contributed by atoms with Crippen molar-refractivity contribution in [3.05, 3.63) is 11.8 Å². The summed E-state index contributed by atoms with van der Waals surface area (Å²) >= 11 is 0. The Balaban J connectivity index is 3.02. The Bertz CT molecular complexity index is 329. The molecule has 0 spiro atoms. The summed E-state index contributed by atoms with van der Waals surface area (Å²) in [6.07, 6.45) is 0. The predicted molar refractivity (Wildman–Crippen MR) is 47.5 cm³/mol. The zero-order valence-electron chi connectivity index (χ0n) is 7.03. The molecular formula is C6H10N6O. The van der Waals surface area contributed by atoms with Crippen molar-refractivity contribution in [1.82, 2.24) is 5.16 Å². The third-order valence-electron chi connectivity index (χ3n) is 1.33. The van der Waals surface area contributed by atoms with Gasteiger partial charge in [0, 0.05) is 6.07 Å². The van der Waals surface area contributed by atoms with Crippen LogP contribution in [0.3, 0.4) is 0 Å². The number of aromatic nitrogens is 1. The van der Waals surface area contributed by atoms with E-state index in [9.17, 15) is 0 Å². The lowest BCUT2D eigenvalue weighted by Crippen LogP contribution is -2.45. The molecule has 0 saturated heterocycles. The Hall–Kier alpha value is -2.05. The molecule has 70 valence electrons. The molecule has 13 heavy (non-hydrogen) atoms. The van der Waals surface area contributed by atoms with E-state index in [0.717, 1.165) is 4.90 Å². The van der Waals surface area contributed by atoms with Gasteiger partial charge in [-0.2, -0.15) is 0 Å². The lowest BCUT2D eigenvalue weighted by Gasteiger charge is -2.15. The first-order valence-corrected chi connectivity index (χ1v) is 3.44. The number of hydrogen-bond donors (Lipinski definition) is 4. The number of guanidine groups is 2. The Morgan fingerprint density at radius 1 is 1.46 bits per heavy atom. The number of nitrogens with one attached hydrogen (secondary N) is 2. The maximum atomic E-state index is 7.13. The highest BCUT2D eigenvalue weighted by Gasteiger charge is 2.16. The molecule has 0 saturated carbocycles. The van der Waals surface area contributed by atoms with E-state index >= 15 is 0 Å². The van der Waals surface area contributed by atoms with Crippen molar-refractivity contribution >= 4 is 17.7 Å². The average molecular weight is 182 g/mol. The van der Waals surface area contributed by atoms with Crippen molar-refractivity contribution in [1.29, 1.82) is 10.8 Å². The molecule has 1 aromatic heterocycles. The van der Waals surface area contributed by atoms with Crippen LogP contribution in [0.15, 0.2) is 10.6 Å². The summed E-state index contributed by atoms with van der Waals surface area (Å²) < 4.78 is 4.75. The van der Waals surface area contributed by atoms with Crippen LogP contribution in [0.1, 0.15) is 5.76 Å². The van der Waals surface area contributed by atoms with Crippen LogP contribution in [0.2, 0.25) is 0 Å². The van der Waals surface area contributed by atoms with Crippen molar-refractivity contribution in [3.8, 4) is 0 Å². The van der Waals surface area contributed by atoms with Crippen LogP contribution >= 0.6 is 0 Å². The highest BCUT2D eigenvalue weighted by atomic mass is 16.5. The van der Waals surface area contributed by atoms with Gasteiger partial charge in [0.15, 0.2) is 5.82 Å². The second-order valence-electron chi connectivity index (χ2n) is 2.40. The quantitative estimate of drug-likeness (QED) is 0.346. The molecule has 0 unspecified atom stereocenters. The van der Waals surface area contributed by atoms with E-state index in [0.29, 0.717) is 5.76 Å². The SMILES string of the molecule is Cc1cc(N(C(=N)N)C(=N)N)no1. The maximum absolute atomic E-state index is 7.13. The van der Waals surface area contributed by atoms with Gasteiger partial charge in [-0.15, -0.1) is 0 Å². The van der Waals surface area contributed by atoms with Gasteiger partial charge in [0.05, 0.1) is 0 Å². The van der Waals surface area contributed by atoms with Gasteiger partial charge in [-0.1, -0.05) is 5.16 Å². The van der Waals surface area contributed by atoms with Crippen LogP contribution in [-0.2, 0) is 0 Å². The molecular weight excluding hydrogens is 172 g/mol. The molecule has 0 amide bonds. The zero-order valence-corrected chi connectivity index (χ0v) is 7.03. The average Bonchev–Trinajstić information content (AvgIpc) is 2.34. The topological polar surface area (TPSA) is 129 Å². The highest BCUT2D eigenvalue weighted by Crippen LogP contribution is 2.12. The van der Waals surface area contributed by atoms with Crippen LogP contribution in [0.5, 0.6) is 0 Å². The predicted octanol–water partition coefficient (Wildman–Crippen LogP) is -0.424. The largest absolute Gasteiger partial charge is 0.369 e. The van der Waals surface area contributed by atoms with Gasteiger partial charge in [0.25, 0.3) is 0 Å². The molecule has 0 aliphatic carbocycles. The maximum Gasteiger partial charge on any atom is 0.201 e. The molecule has 0 aliphatic heterocycles. The zero-order chi connectivity index (χ0) is 10.0. The van der Waals surface area contributed by atoms with Crippen LogP contribution in [0.4, 0.5) is 5.82 Å². The smallest absolute Gasteiger partial charge is 0.201 e. The number of aryl methyl sites for hydroxylation is 1. The minimum Gasteiger partial charge on any atom is -0.369 e. The van der Waals surface area contributed by atoms with E-state index in [1.165, 1.54) is 6.07 Å². The Kier molecular flexibility index (Phi) is 2.18. The molecule has 1 rings (SSSR count). The molecule has 0 fully saturated rings. The minimum atomic E-state index is -0.374. The van der Waals surface area contributed by atoms with E-state index in [-0.39, 0.29) is 17.7 Å². The van der Waals surface area contributed by atoms with Crippen molar-refractivity contribution in [2.24, 2.45) is 11.5 Å². The van der Waals surface area contributed by atoms with Crippen LogP contribution in [0.25, 0.3) is 0 Å². The van der Waals surface area contributed by atoms with E-state index in [1.54, 1.807) is 6.92 Å². The molecule has 6 N–H and O–H groups in total. The molecule has 1 aromatic rings. The third kappa shape index (κ3) is 1.75. The van der Waals surface area contributed by atoms with Gasteiger partial charge >= 0.3 is 0 Å². The van der Waals surface area contributed by atoms with Gasteiger partial charge < -0.3 is 16.0 Å². The summed E-state index contributed by atoms with van der Waals surface area (Å²) in [5.41, 5.74) is 10.4. The molecule has 0 atom stereocenters. The van der Waals surface area contributed by atoms with Crippen molar-refractivity contribution in [2.75, 3.05) is 4.90 Å². The van der Waals surface area contributed by atoms with Crippen LogP contribution < -0.4 is 16.4 Å². The Labute approximate surface area is 74.3 Å². The summed E-state index contributed by atoms with van der Waals surface area (Å²) in [5, 5.41) is 17.8. The standard InChI is InChI=1S/C6H10N6O/c1-3-2-4(11-13-3)12(5(7)8)6(9)10/h2H,1H3,(H3,7,8)(H3,9,10). The van der Waals surface area contributed by atoms with Crippen molar-refractivity contribution in [3.63, 3.8) is 0 Å². The van der Waals surface area contributed by atoms with Crippen LogP contribution in [0, 0.1) is 17.7 Å². The third-order valence-corrected chi connectivity index (χ3v) is 1.33. The number of nitrogens with two attached hydrogens (primary N) is 2. The number of anilines is 1. The van der Waals surface area contributed by atoms with E-state index in [1.807, 2.05) is 0 Å². The lowest BCUT2D eigenvalue weighted by atomic mass is 10.4. The molecule has 0 aliphatic rings. The highest BCUT2D eigenvalue weighted by molar-refractivity contribution is 6.13. The van der Waals surface area contributed by atoms with Gasteiger partial charge in [-0.25, -0.2) is 4.90 Å². The first kappa shape index (κ1) is 9.04. The molecule has 7 heteroatoms. The first-order chi connectivity index (χ1) is 6.02. The second kappa shape index (κ2) is 3.13. The minimum absolute atomic E-state index is 0.234. The second-order valence-corrected chi connectivity index (χ2v) is 2.40. The van der Waals surface area contributed by atoms with Gasteiger partial charge in [-0.3, -0.25) is 10.8 Å². The molecule has 0 bridgehead atoms. The molecule has 0 aromatic carbocycles. The summed E-state index contributed by atoms with van der Waals surface area (Å²) in [4.78, 5) is 0.955. The van der Waals surface area contributed by atoms with Crippen molar-refractivity contribution < 1.29 is 4.52 Å². The van der Waals surface area contributed by atoms with E-state index in [2.05, 4.69) is 5.16 Å². The van der Waals surface area contributed by atoms with E-state index < -0.39 is 0 Å². The van der Waals surface area contributed by atoms with Crippen LogP contribution in [-0.4, -0.2) is 17.1 Å². The van der Waals surface area contributed by atoms with Gasteiger partial charge in [0.2, 0.25) is 11.9 Å². The fourth-order valence-corrected chi connectivity index (χ4v) is 0.835. The fourth-order valence-electron chi connectivity index (χ4n) is 0.835. The fraction of sp³-hybridized carbons (Fsp3) is 0.167. The number of rotatable bonds is 1. The summed E-state index contributed by atoms with van der Waals surface area (Å²) in [6, 6.07) is 1.53. The van der Waals surface area contributed by atoms with Gasteiger partial charge in [-0.05, 0) is 6.92 Å². The van der Waals surface area contributed by atoms with Crippen molar-refractivity contribution in [2.45, 2.75) is 6.92 Å². The lowest BCUT2D eigenvalue weighted by molar-refractivity contribution is 0.399. The van der Waals surface area contributed by atoms with Gasteiger partial charge in [0.1, 0.15) is 5.76 Å². The molecule has 1 heterocycles.